The average molecular weight is 229 g/mol. The average Bonchev–Trinajstić information content (AvgIpc) is 1.96. The van der Waals surface area contributed by atoms with Crippen LogP contribution in [0.5, 0.6) is 0 Å². The minimum Gasteiger partial charge on any atom is -0.281 e. The third-order valence-electron chi connectivity index (χ3n) is 1.76. The number of hydrogen-bond acceptors (Lipinski definition) is 2. The van der Waals surface area contributed by atoms with E-state index in [4.69, 9.17) is 0 Å². The smallest absolute Gasteiger partial charge is 0.227 e. The van der Waals surface area contributed by atoms with Crippen molar-refractivity contribution in [2.75, 3.05) is 0 Å². The van der Waals surface area contributed by atoms with Crippen LogP contribution in [0.2, 0.25) is 0 Å². The number of hydrogen-bond donors (Lipinski definition) is 0. The van der Waals surface area contributed by atoms with Gasteiger partial charge in [0.2, 0.25) is 5.12 Å². The van der Waals surface area contributed by atoms with E-state index in [-0.39, 0.29) is 15.4 Å². The highest BCUT2D eigenvalue weighted by Gasteiger charge is 2.22. The van der Waals surface area contributed by atoms with Crippen molar-refractivity contribution in [3.8, 4) is 0 Å². The molecule has 2 nitrogen and oxygen atoms in total. The van der Waals surface area contributed by atoms with E-state index < -0.39 is 10.5 Å². The summed E-state index contributed by atoms with van der Waals surface area (Å²) in [5, 5.41) is 0.0809. The largest absolute Gasteiger partial charge is 0.281 e. The third kappa shape index (κ3) is 5.26. The van der Waals surface area contributed by atoms with Crippen molar-refractivity contribution in [1.29, 1.82) is 0 Å². The molecule has 0 fully saturated rings. The van der Waals surface area contributed by atoms with Gasteiger partial charge in [-0.05, 0) is 27.7 Å². The summed E-state index contributed by atoms with van der Waals surface area (Å²) in [5.41, 5.74) is 0.401. The zero-order chi connectivity index (χ0) is 12.4. The Labute approximate surface area is 96.1 Å². The molecular weight excluding hydrogens is 206 g/mol. The fourth-order valence-electron chi connectivity index (χ4n) is 1.01. The number of carbonyl (C=O) groups excluding carboxylic acids is 1. The molecule has 0 aliphatic rings. The van der Waals surface area contributed by atoms with Crippen LogP contribution in [0.15, 0.2) is 4.99 Å². The van der Waals surface area contributed by atoms with Gasteiger partial charge in [0.1, 0.15) is 0 Å². The first-order chi connectivity index (χ1) is 6.45. The molecule has 0 bridgehead atoms. The van der Waals surface area contributed by atoms with Crippen LogP contribution in [0.3, 0.4) is 0 Å². The van der Waals surface area contributed by atoms with Crippen LogP contribution in [0.25, 0.3) is 0 Å². The highest BCUT2D eigenvalue weighted by molar-refractivity contribution is 8.29. The van der Waals surface area contributed by atoms with E-state index in [2.05, 4.69) is 10.9 Å². The van der Waals surface area contributed by atoms with Gasteiger partial charge < -0.3 is 0 Å². The lowest BCUT2D eigenvalue weighted by Gasteiger charge is -2.22. The molecule has 0 radical (unpaired) electrons. The fourth-order valence-corrected chi connectivity index (χ4v) is 1.96. The van der Waals surface area contributed by atoms with Crippen molar-refractivity contribution in [2.45, 2.75) is 58.8 Å². The first kappa shape index (κ1) is 14.6. The van der Waals surface area contributed by atoms with Gasteiger partial charge in [-0.25, -0.2) is 0 Å². The molecule has 0 spiro atoms. The SMILES string of the molecule is C=S(C(=O)C(C)=NC(C)(C)C)C(C)(C)C. The van der Waals surface area contributed by atoms with Gasteiger partial charge in [0.25, 0.3) is 0 Å². The summed E-state index contributed by atoms with van der Waals surface area (Å²) in [6.07, 6.45) is 0. The molecule has 0 rings (SSSR count). The number of nitrogens with zero attached hydrogens (tertiary/aromatic N) is 1. The molecule has 0 aliphatic heterocycles. The van der Waals surface area contributed by atoms with Gasteiger partial charge in [0, 0.05) is 4.75 Å². The summed E-state index contributed by atoms with van der Waals surface area (Å²) in [4.78, 5) is 16.4. The summed E-state index contributed by atoms with van der Waals surface area (Å²) < 4.78 is -0.0776. The highest BCUT2D eigenvalue weighted by atomic mass is 32.2. The molecule has 0 amide bonds. The molecule has 1 atom stereocenters. The van der Waals surface area contributed by atoms with Crippen LogP contribution in [0.1, 0.15) is 48.5 Å². The Morgan fingerprint density at radius 1 is 1.13 bits per heavy atom. The quantitative estimate of drug-likeness (QED) is 0.501. The predicted molar refractivity (Wildman–Crippen MR) is 72.3 cm³/mol. The second-order valence-corrected chi connectivity index (χ2v) is 8.04. The Kier molecular flexibility index (Phi) is 4.47. The van der Waals surface area contributed by atoms with Gasteiger partial charge in [0.05, 0.1) is 11.3 Å². The van der Waals surface area contributed by atoms with Crippen molar-refractivity contribution >= 4 is 27.2 Å². The molecule has 0 aromatic carbocycles. The number of aliphatic imine (C=N–C) groups is 1. The summed E-state index contributed by atoms with van der Waals surface area (Å²) >= 11 is 0. The van der Waals surface area contributed by atoms with Crippen LogP contribution in [-0.2, 0) is 4.79 Å². The summed E-state index contributed by atoms with van der Waals surface area (Å²) in [6.45, 7) is 13.8. The monoisotopic (exact) mass is 229 g/mol. The van der Waals surface area contributed by atoms with Crippen molar-refractivity contribution in [3.05, 3.63) is 0 Å². The maximum absolute atomic E-state index is 12.0. The zero-order valence-electron chi connectivity index (χ0n) is 11.0. The molecule has 88 valence electrons. The number of carbonyl (C=O) groups is 1. The maximum atomic E-state index is 12.0. The van der Waals surface area contributed by atoms with Crippen molar-refractivity contribution < 1.29 is 4.79 Å². The van der Waals surface area contributed by atoms with E-state index in [0.29, 0.717) is 5.71 Å². The van der Waals surface area contributed by atoms with Gasteiger partial charge in [-0.15, -0.1) is 10.5 Å². The standard InChI is InChI=1S/C12H23NOS/c1-9(13-11(2,3)4)10(14)15(8)12(5,6)7/h8H2,1-7H3. The van der Waals surface area contributed by atoms with E-state index in [1.54, 1.807) is 6.92 Å². The molecule has 0 saturated heterocycles. The van der Waals surface area contributed by atoms with Gasteiger partial charge in [-0.1, -0.05) is 26.6 Å². The van der Waals surface area contributed by atoms with Gasteiger partial charge in [-0.3, -0.25) is 9.79 Å². The van der Waals surface area contributed by atoms with Gasteiger partial charge in [0.15, 0.2) is 0 Å². The van der Waals surface area contributed by atoms with E-state index in [1.165, 1.54) is 0 Å². The second-order valence-electron chi connectivity index (χ2n) is 5.66. The fraction of sp³-hybridized carbons (Fsp3) is 0.750. The second kappa shape index (κ2) is 4.60. The predicted octanol–water partition coefficient (Wildman–Crippen LogP) is 3.27. The molecule has 0 aliphatic carbocycles. The molecule has 0 N–H and O–H groups in total. The molecule has 1 unspecified atom stereocenters. The Morgan fingerprint density at radius 3 is 1.80 bits per heavy atom. The molecule has 0 aromatic heterocycles. The Morgan fingerprint density at radius 2 is 1.53 bits per heavy atom. The summed E-state index contributed by atoms with van der Waals surface area (Å²) in [6, 6.07) is 0. The number of rotatable bonds is 1. The van der Waals surface area contributed by atoms with Crippen LogP contribution in [0.4, 0.5) is 0 Å². The normalized spacial score (nSPS) is 16.3. The first-order valence-electron chi connectivity index (χ1n) is 5.10. The zero-order valence-corrected chi connectivity index (χ0v) is 11.8. The minimum absolute atomic E-state index is 0.0776. The van der Waals surface area contributed by atoms with E-state index >= 15 is 0 Å². The summed E-state index contributed by atoms with van der Waals surface area (Å²) in [5.74, 6) is 3.96. The van der Waals surface area contributed by atoms with Gasteiger partial charge >= 0.3 is 0 Å². The molecule has 3 heteroatoms. The lowest BCUT2D eigenvalue weighted by atomic mass is 10.1. The highest BCUT2D eigenvalue weighted by Crippen LogP contribution is 2.31. The van der Waals surface area contributed by atoms with Crippen LogP contribution in [-0.4, -0.2) is 27.0 Å². The first-order valence-corrected chi connectivity index (χ1v) is 6.49. The van der Waals surface area contributed by atoms with Crippen LogP contribution >= 0.6 is 10.5 Å². The van der Waals surface area contributed by atoms with E-state index in [9.17, 15) is 4.79 Å². The van der Waals surface area contributed by atoms with Crippen LogP contribution < -0.4 is 0 Å². The molecule has 0 saturated carbocycles. The maximum Gasteiger partial charge on any atom is 0.227 e. The Balaban J connectivity index is 4.91. The van der Waals surface area contributed by atoms with Crippen molar-refractivity contribution in [2.24, 2.45) is 4.99 Å². The van der Waals surface area contributed by atoms with E-state index in [1.807, 2.05) is 41.5 Å². The molecule has 0 aromatic rings. The van der Waals surface area contributed by atoms with Crippen molar-refractivity contribution in [3.63, 3.8) is 0 Å². The molecular formula is C12H23NOS. The lowest BCUT2D eigenvalue weighted by molar-refractivity contribution is -0.105. The van der Waals surface area contributed by atoms with E-state index in [0.717, 1.165) is 0 Å². The van der Waals surface area contributed by atoms with Crippen LogP contribution in [0, 0.1) is 0 Å². The topological polar surface area (TPSA) is 29.4 Å². The molecule has 0 heterocycles. The minimum atomic E-state index is -0.517. The third-order valence-corrected chi connectivity index (χ3v) is 3.98. The van der Waals surface area contributed by atoms with Gasteiger partial charge in [-0.2, -0.15) is 0 Å². The summed E-state index contributed by atoms with van der Waals surface area (Å²) in [7, 11) is -0.517. The Hall–Kier alpha value is -0.440. The molecule has 15 heavy (non-hydrogen) atoms. The van der Waals surface area contributed by atoms with Crippen molar-refractivity contribution in [1.82, 2.24) is 0 Å². The lowest BCUT2D eigenvalue weighted by Crippen LogP contribution is -2.23. The Bertz CT molecular complexity index is 303.